The zero-order valence-electron chi connectivity index (χ0n) is 21.4. The van der Waals surface area contributed by atoms with Crippen LogP contribution in [0.1, 0.15) is 36.8 Å². The fourth-order valence-electron chi connectivity index (χ4n) is 4.75. The maximum atomic E-state index is 14.0. The minimum atomic E-state index is -3.73. The van der Waals surface area contributed by atoms with Gasteiger partial charge in [0.2, 0.25) is 0 Å². The first kappa shape index (κ1) is 26.9. The third-order valence-electron chi connectivity index (χ3n) is 6.71. The lowest BCUT2D eigenvalue weighted by atomic mass is 9.47. The van der Waals surface area contributed by atoms with E-state index in [0.717, 1.165) is 0 Å². The summed E-state index contributed by atoms with van der Waals surface area (Å²) in [6.45, 7) is 5.37. The number of carbonyl (C=O) groups is 1. The summed E-state index contributed by atoms with van der Waals surface area (Å²) in [5.74, 6) is -0.0272. The summed E-state index contributed by atoms with van der Waals surface area (Å²) in [5.41, 5.74) is 1.31. The average Bonchev–Trinajstić information content (AvgIpc) is 3.49. The Labute approximate surface area is 229 Å². The van der Waals surface area contributed by atoms with Crippen LogP contribution in [0.15, 0.2) is 33.9 Å². The number of rotatable bonds is 7. The number of methoxy groups -OCH3 is 1. The molecule has 38 heavy (non-hydrogen) atoms. The van der Waals surface area contributed by atoms with Gasteiger partial charge in [0.15, 0.2) is 15.5 Å². The molecule has 1 amide bonds. The number of hydrogen-bond acceptors (Lipinski definition) is 8. The van der Waals surface area contributed by atoms with Crippen molar-refractivity contribution in [2.75, 3.05) is 20.3 Å². The minimum absolute atomic E-state index is 0.0132. The summed E-state index contributed by atoms with van der Waals surface area (Å²) >= 11 is 1.45. The Morgan fingerprint density at radius 2 is 2.00 bits per heavy atom. The first-order valence-electron chi connectivity index (χ1n) is 11.8. The van der Waals surface area contributed by atoms with Gasteiger partial charge < -0.3 is 19.1 Å². The summed E-state index contributed by atoms with van der Waals surface area (Å²) in [6.07, 6.45) is 0. The maximum Gasteiger partial charge on any atom is 0.273 e. The van der Waals surface area contributed by atoms with Gasteiger partial charge in [0, 0.05) is 22.6 Å². The molecule has 0 spiro atoms. The number of carbonyl (C=O) groups excluding carboxylic acids is 1. The molecule has 6 radical (unpaired) electrons. The lowest BCUT2D eigenvalue weighted by molar-refractivity contribution is -0.117. The van der Waals surface area contributed by atoms with Gasteiger partial charge in [-0.1, -0.05) is 5.24 Å². The first-order chi connectivity index (χ1) is 17.8. The largest absolute Gasteiger partial charge is 0.495 e. The Morgan fingerprint density at radius 1 is 1.29 bits per heavy atom. The van der Waals surface area contributed by atoms with Crippen molar-refractivity contribution in [2.24, 2.45) is 0 Å². The van der Waals surface area contributed by atoms with Gasteiger partial charge in [-0.25, -0.2) is 13.1 Å². The van der Waals surface area contributed by atoms with Crippen molar-refractivity contribution in [1.82, 2.24) is 14.7 Å². The predicted octanol–water partition coefficient (Wildman–Crippen LogP) is 2.03. The molecule has 5 rings (SSSR count). The molecule has 1 saturated heterocycles. The van der Waals surface area contributed by atoms with Gasteiger partial charge in [-0.2, -0.15) is 16.4 Å². The third-order valence-corrected chi connectivity index (χ3v) is 9.56. The van der Waals surface area contributed by atoms with Gasteiger partial charge in [-0.15, -0.1) is 0 Å². The van der Waals surface area contributed by atoms with E-state index in [1.807, 2.05) is 16.8 Å². The van der Waals surface area contributed by atoms with E-state index in [0.29, 0.717) is 28.3 Å². The van der Waals surface area contributed by atoms with Gasteiger partial charge in [0.25, 0.3) is 5.91 Å². The van der Waals surface area contributed by atoms with Gasteiger partial charge in [0.1, 0.15) is 23.0 Å². The Morgan fingerprint density at radius 3 is 2.53 bits per heavy atom. The van der Waals surface area contributed by atoms with Crippen LogP contribution in [0.25, 0.3) is 16.9 Å². The van der Waals surface area contributed by atoms with Crippen molar-refractivity contribution in [1.29, 1.82) is 0 Å². The Bertz CT molecular complexity index is 1510. The highest BCUT2D eigenvalue weighted by Crippen LogP contribution is 2.45. The van der Waals surface area contributed by atoms with Crippen molar-refractivity contribution in [3.8, 4) is 28.4 Å². The molecule has 2 aliphatic heterocycles. The highest BCUT2D eigenvalue weighted by atomic mass is 32.2. The molecule has 192 valence electrons. The molecule has 0 aliphatic carbocycles. The van der Waals surface area contributed by atoms with Crippen LogP contribution in [0.4, 0.5) is 0 Å². The van der Waals surface area contributed by atoms with Gasteiger partial charge >= 0.3 is 0 Å². The van der Waals surface area contributed by atoms with E-state index >= 15 is 0 Å². The summed E-state index contributed by atoms with van der Waals surface area (Å²) in [7, 11) is 15.8. The second kappa shape index (κ2) is 9.20. The predicted molar refractivity (Wildman–Crippen MR) is 145 cm³/mol. The molecule has 0 atom stereocenters. The smallest absolute Gasteiger partial charge is 0.273 e. The number of thiophene rings is 1. The molecule has 9 nitrogen and oxygen atoms in total. The van der Waals surface area contributed by atoms with E-state index in [1.54, 1.807) is 31.5 Å². The van der Waals surface area contributed by atoms with Crippen molar-refractivity contribution in [3.05, 3.63) is 40.2 Å². The van der Waals surface area contributed by atoms with Gasteiger partial charge in [0.05, 0.1) is 66.0 Å². The van der Waals surface area contributed by atoms with E-state index in [9.17, 15) is 13.2 Å². The van der Waals surface area contributed by atoms with E-state index in [2.05, 4.69) is 5.10 Å². The molecule has 0 bridgehead atoms. The quantitative estimate of drug-likeness (QED) is 0.418. The Balaban J connectivity index is 1.76. The van der Waals surface area contributed by atoms with Crippen LogP contribution in [-0.4, -0.2) is 88.9 Å². The fraction of sp³-hybridized carbons (Fsp3) is 0.417. The summed E-state index contributed by atoms with van der Waals surface area (Å²) in [5, 5.41) is 5.73. The first-order valence-corrected chi connectivity index (χ1v) is 14.3. The van der Waals surface area contributed by atoms with Gasteiger partial charge in [-0.05, 0) is 38.3 Å². The SMILES string of the molecule is [B]C([B])([B])N(C(=O)c1nn(-c2ccsc2)c2c1COc1cc(OC)c(S(=O)(=O)C(C)C)cc1-2)C1(C)COC1. The lowest BCUT2D eigenvalue weighted by Crippen LogP contribution is -2.70. The zero-order chi connectivity index (χ0) is 27.6. The fourth-order valence-corrected chi connectivity index (χ4v) is 6.58. The second-order valence-electron chi connectivity index (χ2n) is 9.97. The highest BCUT2D eigenvalue weighted by molar-refractivity contribution is 7.92. The molecule has 1 fully saturated rings. The van der Waals surface area contributed by atoms with Crippen LogP contribution in [0.5, 0.6) is 11.5 Å². The Hall–Kier alpha value is -2.70. The minimum Gasteiger partial charge on any atom is -0.495 e. The topological polar surface area (TPSA) is 100.0 Å². The molecule has 2 aromatic heterocycles. The molecular weight excluding hydrogens is 523 g/mol. The number of amides is 1. The number of sulfone groups is 1. The van der Waals surface area contributed by atoms with Crippen LogP contribution >= 0.6 is 11.3 Å². The van der Waals surface area contributed by atoms with Crippen LogP contribution < -0.4 is 9.47 Å². The number of benzene rings is 1. The van der Waals surface area contributed by atoms with Crippen LogP contribution in [0.3, 0.4) is 0 Å². The van der Waals surface area contributed by atoms with E-state index < -0.39 is 31.8 Å². The van der Waals surface area contributed by atoms with Gasteiger partial charge in [-0.3, -0.25) is 4.79 Å². The number of aromatic nitrogens is 2. The summed E-state index contributed by atoms with van der Waals surface area (Å²) in [6, 6.07) is 4.90. The van der Waals surface area contributed by atoms with Crippen molar-refractivity contribution in [3.63, 3.8) is 0 Å². The molecule has 0 unspecified atom stereocenters. The van der Waals surface area contributed by atoms with E-state index in [-0.39, 0.29) is 36.2 Å². The van der Waals surface area contributed by atoms with Crippen LogP contribution in [0.2, 0.25) is 0 Å². The number of hydrogen-bond donors (Lipinski definition) is 0. The number of fused-ring (bicyclic) bond motifs is 3. The molecular formula is C24H24B3N3O6S2. The van der Waals surface area contributed by atoms with Crippen molar-refractivity contribution >= 4 is 50.6 Å². The Kier molecular flexibility index (Phi) is 6.51. The second-order valence-corrected chi connectivity index (χ2v) is 13.2. The van der Waals surface area contributed by atoms with Crippen molar-refractivity contribution in [2.45, 2.75) is 48.3 Å². The average molecular weight is 547 g/mol. The van der Waals surface area contributed by atoms with Crippen LogP contribution in [0, 0.1) is 0 Å². The van der Waals surface area contributed by atoms with Crippen molar-refractivity contribution < 1.29 is 27.4 Å². The number of nitrogens with zero attached hydrogens (tertiary/aromatic N) is 3. The molecule has 2 aliphatic rings. The monoisotopic (exact) mass is 547 g/mol. The maximum absolute atomic E-state index is 14.0. The van der Waals surface area contributed by atoms with E-state index in [4.69, 9.17) is 37.7 Å². The molecule has 4 heterocycles. The molecule has 0 saturated carbocycles. The molecule has 14 heteroatoms. The third kappa shape index (κ3) is 4.17. The zero-order valence-corrected chi connectivity index (χ0v) is 23.1. The number of ether oxygens (including phenoxy) is 3. The summed E-state index contributed by atoms with van der Waals surface area (Å²) in [4.78, 5) is 15.2. The molecule has 0 N–H and O–H groups in total. The summed E-state index contributed by atoms with van der Waals surface area (Å²) < 4.78 is 44.8. The highest BCUT2D eigenvalue weighted by Gasteiger charge is 2.48. The van der Waals surface area contributed by atoms with E-state index in [1.165, 1.54) is 29.4 Å². The standard InChI is InChI=1S/C24H24B3N3O6S2/c1-13(2)38(32,33)19-7-15-17(8-18(19)34-4)36-9-16-20(28-29(21(15)16)14-5-6-37-10-14)22(31)30(24(25,26)27)23(3)11-35-12-23/h5-8,10,13H,9,11-12H2,1-4H3. The lowest BCUT2D eigenvalue weighted by Gasteiger charge is -2.54. The normalized spacial score (nSPS) is 16.2. The molecule has 1 aromatic carbocycles. The van der Waals surface area contributed by atoms with Crippen LogP contribution in [-0.2, 0) is 21.2 Å². The molecule has 3 aromatic rings.